The average Bonchev–Trinajstić information content (AvgIpc) is 2.44. The van der Waals surface area contributed by atoms with Crippen molar-refractivity contribution in [1.82, 2.24) is 9.97 Å². The molecule has 1 amide bonds. The molecule has 1 heterocycles. The van der Waals surface area contributed by atoms with Crippen LogP contribution in [0.4, 0.5) is 5.69 Å². The van der Waals surface area contributed by atoms with Gasteiger partial charge in [0.15, 0.2) is 5.16 Å². The number of rotatable bonds is 4. The number of carbonyl (C=O) groups excluding carboxylic acids is 1. The van der Waals surface area contributed by atoms with Gasteiger partial charge in [0, 0.05) is 17.3 Å². The number of carbonyl (C=O) groups is 1. The molecule has 0 saturated heterocycles. The lowest BCUT2D eigenvalue weighted by atomic mass is 10.3. The Kier molecular flexibility index (Phi) is 5.09. The molecule has 2 aromatic rings. The topological polar surface area (TPSA) is 78.7 Å². The van der Waals surface area contributed by atoms with E-state index in [9.17, 15) is 4.79 Å². The van der Waals surface area contributed by atoms with Crippen LogP contribution in [0.2, 0.25) is 0 Å². The van der Waals surface area contributed by atoms with Gasteiger partial charge in [-0.2, -0.15) is 5.26 Å². The van der Waals surface area contributed by atoms with E-state index in [4.69, 9.17) is 5.26 Å². The highest BCUT2D eigenvalue weighted by molar-refractivity contribution is 9.10. The number of nitrogens with one attached hydrogen (secondary N) is 1. The fourth-order valence-corrected chi connectivity index (χ4v) is 2.36. The zero-order valence-electron chi connectivity index (χ0n) is 10.2. The van der Waals surface area contributed by atoms with Gasteiger partial charge < -0.3 is 5.32 Å². The van der Waals surface area contributed by atoms with Gasteiger partial charge in [-0.1, -0.05) is 12.1 Å². The normalized spacial score (nSPS) is 9.80. The molecule has 20 heavy (non-hydrogen) atoms. The minimum absolute atomic E-state index is 0.173. The van der Waals surface area contributed by atoms with Crippen LogP contribution in [0.3, 0.4) is 0 Å². The molecule has 2 rings (SSSR count). The molecule has 100 valence electrons. The van der Waals surface area contributed by atoms with Crippen LogP contribution in [0.5, 0.6) is 0 Å². The summed E-state index contributed by atoms with van der Waals surface area (Å²) in [5.74, 6) is -0.336. The van der Waals surface area contributed by atoms with Crippen LogP contribution in [0.25, 0.3) is 0 Å². The van der Waals surface area contributed by atoms with Gasteiger partial charge in [-0.25, -0.2) is 9.97 Å². The quantitative estimate of drug-likeness (QED) is 0.858. The summed E-state index contributed by atoms with van der Waals surface area (Å²) >= 11 is 4.62. The number of para-hydroxylation sites is 1. The standard InChI is InChI=1S/C13H9BrN4OS/c14-9-7-16-13(17-8-9)20-11-4-2-1-3-10(11)18-12(19)5-6-15/h1-4,7-8H,5H2,(H,18,19). The first-order chi connectivity index (χ1) is 9.69. The number of halogens is 1. The van der Waals surface area contributed by atoms with Crippen LogP contribution >= 0.6 is 27.7 Å². The maximum atomic E-state index is 11.5. The molecule has 0 fully saturated rings. The SMILES string of the molecule is N#CCC(=O)Nc1ccccc1Sc1ncc(Br)cn1. The van der Waals surface area contributed by atoms with E-state index in [1.165, 1.54) is 11.8 Å². The van der Waals surface area contributed by atoms with Gasteiger partial charge in [0.1, 0.15) is 6.42 Å². The summed E-state index contributed by atoms with van der Waals surface area (Å²) in [4.78, 5) is 20.6. The molecule has 1 aromatic heterocycles. The van der Waals surface area contributed by atoms with Crippen molar-refractivity contribution in [1.29, 1.82) is 5.26 Å². The van der Waals surface area contributed by atoms with E-state index in [0.29, 0.717) is 10.8 Å². The van der Waals surface area contributed by atoms with Gasteiger partial charge in [0.2, 0.25) is 5.91 Å². The molecule has 0 aliphatic heterocycles. The highest BCUT2D eigenvalue weighted by Gasteiger charge is 2.08. The summed E-state index contributed by atoms with van der Waals surface area (Å²) in [6.07, 6.45) is 3.15. The molecule has 0 spiro atoms. The minimum Gasteiger partial charge on any atom is -0.324 e. The fraction of sp³-hybridized carbons (Fsp3) is 0.0769. The van der Waals surface area contributed by atoms with Crippen LogP contribution in [0.15, 0.2) is 51.2 Å². The van der Waals surface area contributed by atoms with E-state index < -0.39 is 0 Å². The van der Waals surface area contributed by atoms with Gasteiger partial charge in [-0.15, -0.1) is 0 Å². The Morgan fingerprint density at radius 2 is 2.05 bits per heavy atom. The van der Waals surface area contributed by atoms with Crippen molar-refractivity contribution in [2.75, 3.05) is 5.32 Å². The first-order valence-electron chi connectivity index (χ1n) is 5.60. The second kappa shape index (κ2) is 7.03. The second-order valence-electron chi connectivity index (χ2n) is 3.67. The number of nitriles is 1. The molecule has 1 N–H and O–H groups in total. The smallest absolute Gasteiger partial charge is 0.238 e. The van der Waals surface area contributed by atoms with Crippen LogP contribution in [-0.2, 0) is 4.79 Å². The van der Waals surface area contributed by atoms with Gasteiger partial charge in [0.25, 0.3) is 0 Å². The maximum Gasteiger partial charge on any atom is 0.238 e. The first-order valence-corrected chi connectivity index (χ1v) is 7.21. The maximum absolute atomic E-state index is 11.5. The first kappa shape index (κ1) is 14.5. The molecule has 0 saturated carbocycles. The van der Waals surface area contributed by atoms with E-state index in [2.05, 4.69) is 31.2 Å². The number of anilines is 1. The predicted octanol–water partition coefficient (Wildman–Crippen LogP) is 3.24. The molecule has 0 radical (unpaired) electrons. The number of benzene rings is 1. The van der Waals surface area contributed by atoms with Gasteiger partial charge in [-0.05, 0) is 39.8 Å². The molecular formula is C13H9BrN4OS. The van der Waals surface area contributed by atoms with E-state index in [1.54, 1.807) is 18.5 Å². The average molecular weight is 349 g/mol. The highest BCUT2D eigenvalue weighted by Crippen LogP contribution is 2.31. The Balaban J connectivity index is 2.17. The van der Waals surface area contributed by atoms with Crippen LogP contribution < -0.4 is 5.32 Å². The van der Waals surface area contributed by atoms with E-state index in [1.807, 2.05) is 24.3 Å². The van der Waals surface area contributed by atoms with E-state index in [0.717, 1.165) is 9.37 Å². The number of aromatic nitrogens is 2. The van der Waals surface area contributed by atoms with Crippen molar-refractivity contribution >= 4 is 39.3 Å². The highest BCUT2D eigenvalue weighted by atomic mass is 79.9. The predicted molar refractivity (Wildman–Crippen MR) is 79.2 cm³/mol. The lowest BCUT2D eigenvalue weighted by Crippen LogP contribution is -2.10. The Morgan fingerprint density at radius 1 is 1.35 bits per heavy atom. The monoisotopic (exact) mass is 348 g/mol. The molecule has 1 aromatic carbocycles. The summed E-state index contributed by atoms with van der Waals surface area (Å²) in [6, 6.07) is 9.12. The summed E-state index contributed by atoms with van der Waals surface area (Å²) < 4.78 is 0.803. The number of nitrogens with zero attached hydrogens (tertiary/aromatic N) is 3. The van der Waals surface area contributed by atoms with Gasteiger partial charge in [0.05, 0.1) is 16.2 Å². The van der Waals surface area contributed by atoms with E-state index >= 15 is 0 Å². The molecule has 0 bridgehead atoms. The lowest BCUT2D eigenvalue weighted by molar-refractivity contribution is -0.115. The Morgan fingerprint density at radius 3 is 2.75 bits per heavy atom. The zero-order chi connectivity index (χ0) is 14.4. The Labute approximate surface area is 128 Å². The molecule has 0 aliphatic rings. The molecule has 0 aliphatic carbocycles. The van der Waals surface area contributed by atoms with Crippen LogP contribution in [0.1, 0.15) is 6.42 Å². The number of hydrogen-bond donors (Lipinski definition) is 1. The van der Waals surface area contributed by atoms with E-state index in [-0.39, 0.29) is 12.3 Å². The third kappa shape index (κ3) is 4.05. The third-order valence-electron chi connectivity index (χ3n) is 2.20. The van der Waals surface area contributed by atoms with Crippen LogP contribution in [0, 0.1) is 11.3 Å². The van der Waals surface area contributed by atoms with Crippen molar-refractivity contribution in [2.24, 2.45) is 0 Å². The van der Waals surface area contributed by atoms with Gasteiger partial charge >= 0.3 is 0 Å². The van der Waals surface area contributed by atoms with Crippen molar-refractivity contribution in [3.8, 4) is 6.07 Å². The fourth-order valence-electron chi connectivity index (χ4n) is 1.38. The lowest BCUT2D eigenvalue weighted by Gasteiger charge is -2.08. The Hall–Kier alpha value is -1.91. The largest absolute Gasteiger partial charge is 0.324 e. The molecule has 0 atom stereocenters. The summed E-state index contributed by atoms with van der Waals surface area (Å²) in [7, 11) is 0. The van der Waals surface area contributed by atoms with Gasteiger partial charge in [-0.3, -0.25) is 4.79 Å². The van der Waals surface area contributed by atoms with Crippen molar-refractivity contribution in [3.05, 3.63) is 41.1 Å². The van der Waals surface area contributed by atoms with Crippen molar-refractivity contribution < 1.29 is 4.79 Å². The minimum atomic E-state index is -0.336. The Bertz CT molecular complexity index is 654. The molecule has 5 nitrogen and oxygen atoms in total. The summed E-state index contributed by atoms with van der Waals surface area (Å²) in [5.41, 5.74) is 0.643. The number of amides is 1. The summed E-state index contributed by atoms with van der Waals surface area (Å²) in [6.45, 7) is 0. The zero-order valence-corrected chi connectivity index (χ0v) is 12.6. The van der Waals surface area contributed by atoms with Crippen LogP contribution in [-0.4, -0.2) is 15.9 Å². The second-order valence-corrected chi connectivity index (χ2v) is 5.59. The van der Waals surface area contributed by atoms with Crippen molar-refractivity contribution in [3.63, 3.8) is 0 Å². The molecule has 0 unspecified atom stereocenters. The molecule has 7 heteroatoms. The summed E-state index contributed by atoms with van der Waals surface area (Å²) in [5, 5.41) is 11.8. The molecular weight excluding hydrogens is 340 g/mol. The number of hydrogen-bond acceptors (Lipinski definition) is 5. The third-order valence-corrected chi connectivity index (χ3v) is 3.58. The van der Waals surface area contributed by atoms with Crippen molar-refractivity contribution in [2.45, 2.75) is 16.5 Å².